The van der Waals surface area contributed by atoms with Gasteiger partial charge in [-0.25, -0.2) is 4.39 Å². The van der Waals surface area contributed by atoms with E-state index in [1.807, 2.05) is 19.1 Å². The molecule has 1 aromatic heterocycles. The van der Waals surface area contributed by atoms with Crippen LogP contribution in [0, 0.1) is 5.82 Å². The molecule has 0 unspecified atom stereocenters. The Labute approximate surface area is 172 Å². The molecule has 146 valence electrons. The van der Waals surface area contributed by atoms with E-state index in [4.69, 9.17) is 20.8 Å². The summed E-state index contributed by atoms with van der Waals surface area (Å²) in [7, 11) is 0. The first-order chi connectivity index (χ1) is 14.1. The molecule has 0 spiro atoms. The van der Waals surface area contributed by atoms with Crippen molar-refractivity contribution in [3.05, 3.63) is 98.9 Å². The van der Waals surface area contributed by atoms with Crippen molar-refractivity contribution in [2.45, 2.75) is 20.0 Å². The van der Waals surface area contributed by atoms with Gasteiger partial charge < -0.3 is 9.15 Å². The fraction of sp³-hybridized carbons (Fsp3) is 0.125. The maximum atomic E-state index is 14.0. The molecule has 4 aromatic rings. The maximum Gasteiger partial charge on any atom is 0.235 e. The van der Waals surface area contributed by atoms with Gasteiger partial charge in [0.2, 0.25) is 11.2 Å². The summed E-state index contributed by atoms with van der Waals surface area (Å²) in [4.78, 5) is 13.3. The summed E-state index contributed by atoms with van der Waals surface area (Å²) in [6, 6.07) is 18.8. The van der Waals surface area contributed by atoms with Crippen LogP contribution in [0.4, 0.5) is 4.39 Å². The van der Waals surface area contributed by atoms with Crippen LogP contribution < -0.4 is 10.2 Å². The summed E-state index contributed by atoms with van der Waals surface area (Å²) in [5.74, 6) is -0.0462. The molecule has 0 radical (unpaired) electrons. The van der Waals surface area contributed by atoms with Gasteiger partial charge in [0.1, 0.15) is 18.0 Å². The lowest BCUT2D eigenvalue weighted by atomic mass is 10.1. The Morgan fingerprint density at radius 3 is 2.52 bits per heavy atom. The minimum absolute atomic E-state index is 0.0522. The Kier molecular flexibility index (Phi) is 5.36. The first-order valence-corrected chi connectivity index (χ1v) is 9.66. The second-order valence-electron chi connectivity index (χ2n) is 6.66. The third kappa shape index (κ3) is 3.89. The summed E-state index contributed by atoms with van der Waals surface area (Å²) < 4.78 is 25.9. The Morgan fingerprint density at radius 2 is 1.79 bits per heavy atom. The number of fused-ring (bicyclic) bond motifs is 1. The largest absolute Gasteiger partial charge is 0.481 e. The molecule has 3 aromatic carbocycles. The highest BCUT2D eigenvalue weighted by Crippen LogP contribution is 2.32. The van der Waals surface area contributed by atoms with E-state index in [0.717, 1.165) is 12.0 Å². The molecular weight excluding hydrogens is 391 g/mol. The molecule has 0 saturated heterocycles. The molecule has 0 aliphatic heterocycles. The molecule has 0 aliphatic carbocycles. The molecule has 5 heteroatoms. The predicted octanol–water partition coefficient (Wildman–Crippen LogP) is 6.39. The smallest absolute Gasteiger partial charge is 0.235 e. The van der Waals surface area contributed by atoms with Crippen LogP contribution >= 0.6 is 11.6 Å². The molecule has 0 atom stereocenters. The van der Waals surface area contributed by atoms with Crippen molar-refractivity contribution in [3.63, 3.8) is 0 Å². The van der Waals surface area contributed by atoms with Crippen molar-refractivity contribution >= 4 is 22.6 Å². The normalized spacial score (nSPS) is 11.0. The second-order valence-corrected chi connectivity index (χ2v) is 7.10. The Balaban J connectivity index is 1.87. The van der Waals surface area contributed by atoms with E-state index in [1.165, 1.54) is 6.07 Å². The second kappa shape index (κ2) is 8.10. The van der Waals surface area contributed by atoms with Crippen molar-refractivity contribution in [2.24, 2.45) is 0 Å². The Bertz CT molecular complexity index is 1230. The van der Waals surface area contributed by atoms with E-state index >= 15 is 0 Å². The molecule has 0 fully saturated rings. The SMILES string of the molecule is CCc1ccc2oc(-c3ccc(Cl)cc3)c(OCc3ccccc3F)c(=O)c2c1. The molecule has 29 heavy (non-hydrogen) atoms. The highest BCUT2D eigenvalue weighted by atomic mass is 35.5. The number of rotatable bonds is 5. The average molecular weight is 409 g/mol. The minimum atomic E-state index is -0.390. The first kappa shape index (κ1) is 19.2. The van der Waals surface area contributed by atoms with Crippen LogP contribution in [0.15, 0.2) is 75.9 Å². The van der Waals surface area contributed by atoms with Crippen LogP contribution in [0.2, 0.25) is 5.02 Å². The van der Waals surface area contributed by atoms with E-state index in [9.17, 15) is 9.18 Å². The zero-order chi connectivity index (χ0) is 20.4. The summed E-state index contributed by atoms with van der Waals surface area (Å²) in [6.45, 7) is 1.93. The van der Waals surface area contributed by atoms with Gasteiger partial charge in [0, 0.05) is 16.1 Å². The van der Waals surface area contributed by atoms with Crippen LogP contribution in [0.1, 0.15) is 18.1 Å². The van der Waals surface area contributed by atoms with E-state index in [1.54, 1.807) is 48.5 Å². The fourth-order valence-electron chi connectivity index (χ4n) is 3.13. The molecule has 1 heterocycles. The highest BCUT2D eigenvalue weighted by Gasteiger charge is 2.19. The number of benzene rings is 3. The molecule has 0 N–H and O–H groups in total. The summed E-state index contributed by atoms with van der Waals surface area (Å²) in [5, 5.41) is 1.00. The predicted molar refractivity (Wildman–Crippen MR) is 113 cm³/mol. The summed E-state index contributed by atoms with van der Waals surface area (Å²) in [5.41, 5.74) is 2.20. The van der Waals surface area contributed by atoms with Gasteiger partial charge in [-0.2, -0.15) is 0 Å². The quantitative estimate of drug-likeness (QED) is 0.384. The molecule has 0 bridgehead atoms. The third-order valence-electron chi connectivity index (χ3n) is 4.76. The van der Waals surface area contributed by atoms with E-state index in [-0.39, 0.29) is 23.6 Å². The monoisotopic (exact) mass is 408 g/mol. The Morgan fingerprint density at radius 1 is 1.03 bits per heavy atom. The first-order valence-electron chi connectivity index (χ1n) is 9.28. The Hall–Kier alpha value is -3.11. The zero-order valence-electron chi connectivity index (χ0n) is 15.7. The lowest BCUT2D eigenvalue weighted by Crippen LogP contribution is -2.11. The fourth-order valence-corrected chi connectivity index (χ4v) is 3.26. The lowest BCUT2D eigenvalue weighted by molar-refractivity contribution is 0.292. The van der Waals surface area contributed by atoms with E-state index < -0.39 is 0 Å². The molecule has 0 saturated carbocycles. The van der Waals surface area contributed by atoms with Gasteiger partial charge in [-0.05, 0) is 54.4 Å². The highest BCUT2D eigenvalue weighted by molar-refractivity contribution is 6.30. The topological polar surface area (TPSA) is 39.4 Å². The van der Waals surface area contributed by atoms with Crippen molar-refractivity contribution in [3.8, 4) is 17.1 Å². The molecule has 0 amide bonds. The van der Waals surface area contributed by atoms with Crippen molar-refractivity contribution < 1.29 is 13.5 Å². The van der Waals surface area contributed by atoms with Crippen molar-refractivity contribution in [1.82, 2.24) is 0 Å². The molecular formula is C24H18ClFO3. The number of hydrogen-bond donors (Lipinski definition) is 0. The lowest BCUT2D eigenvalue weighted by Gasteiger charge is -2.13. The summed E-state index contributed by atoms with van der Waals surface area (Å²) >= 11 is 5.99. The number of hydrogen-bond acceptors (Lipinski definition) is 3. The van der Waals surface area contributed by atoms with Crippen molar-refractivity contribution in [2.75, 3.05) is 0 Å². The zero-order valence-corrected chi connectivity index (χ0v) is 16.5. The standard InChI is InChI=1S/C24H18ClFO3/c1-2-15-7-12-21-19(13-15)22(27)24(28-14-17-5-3-4-6-20(17)26)23(29-21)16-8-10-18(25)11-9-16/h3-13H,2,14H2,1H3. The van der Waals surface area contributed by atoms with Gasteiger partial charge >= 0.3 is 0 Å². The van der Waals surface area contributed by atoms with Crippen LogP contribution in [0.25, 0.3) is 22.3 Å². The molecule has 3 nitrogen and oxygen atoms in total. The van der Waals surface area contributed by atoms with Gasteiger partial charge in [0.25, 0.3) is 0 Å². The van der Waals surface area contributed by atoms with Crippen LogP contribution in [-0.2, 0) is 13.0 Å². The van der Waals surface area contributed by atoms with Gasteiger partial charge in [-0.15, -0.1) is 0 Å². The number of ether oxygens (including phenoxy) is 1. The van der Waals surface area contributed by atoms with Crippen LogP contribution in [-0.4, -0.2) is 0 Å². The van der Waals surface area contributed by atoms with Gasteiger partial charge in [0.05, 0.1) is 5.39 Å². The van der Waals surface area contributed by atoms with Gasteiger partial charge in [-0.1, -0.05) is 42.8 Å². The number of halogens is 2. The summed E-state index contributed by atoms with van der Waals surface area (Å²) in [6.07, 6.45) is 0.791. The van der Waals surface area contributed by atoms with Gasteiger partial charge in [0.15, 0.2) is 5.76 Å². The minimum Gasteiger partial charge on any atom is -0.481 e. The average Bonchev–Trinajstić information content (AvgIpc) is 2.74. The molecule has 4 rings (SSSR count). The van der Waals surface area contributed by atoms with Crippen molar-refractivity contribution in [1.29, 1.82) is 0 Å². The van der Waals surface area contributed by atoms with Crippen LogP contribution in [0.3, 0.4) is 0 Å². The molecule has 0 aliphatic rings. The van der Waals surface area contributed by atoms with Gasteiger partial charge in [-0.3, -0.25) is 4.79 Å². The van der Waals surface area contributed by atoms with Crippen LogP contribution in [0.5, 0.6) is 5.75 Å². The maximum absolute atomic E-state index is 14.0. The van der Waals surface area contributed by atoms with E-state index in [0.29, 0.717) is 32.9 Å². The third-order valence-corrected chi connectivity index (χ3v) is 5.01. The van der Waals surface area contributed by atoms with E-state index in [2.05, 4.69) is 0 Å². The number of aryl methyl sites for hydroxylation is 1.